The predicted octanol–water partition coefficient (Wildman–Crippen LogP) is 3.36. The number of hydrogen-bond donors (Lipinski definition) is 1. The van der Waals surface area contributed by atoms with Gasteiger partial charge in [-0.25, -0.2) is 14.4 Å². The number of rotatable bonds is 5. The molecule has 4 heterocycles. The molecule has 0 aromatic carbocycles. The quantitative estimate of drug-likeness (QED) is 0.700. The molecule has 0 amide bonds. The fourth-order valence-corrected chi connectivity index (χ4v) is 3.20. The molecule has 7 nitrogen and oxygen atoms in total. The Balaban J connectivity index is 0.00000225. The van der Waals surface area contributed by atoms with Gasteiger partial charge < -0.3 is 10.1 Å². The van der Waals surface area contributed by atoms with E-state index in [1.54, 1.807) is 18.6 Å². The van der Waals surface area contributed by atoms with Crippen LogP contribution in [0.15, 0.2) is 30.9 Å². The van der Waals surface area contributed by atoms with Gasteiger partial charge in [0.2, 0.25) is 5.88 Å². The smallest absolute Gasteiger partial charge is 0.242 e. The van der Waals surface area contributed by atoms with Crippen molar-refractivity contribution in [2.75, 3.05) is 19.7 Å². The lowest BCUT2D eigenvalue weighted by atomic mass is 9.97. The number of nitrogens with one attached hydrogen (secondary N) is 1. The van der Waals surface area contributed by atoms with Gasteiger partial charge in [-0.1, -0.05) is 0 Å². The summed E-state index contributed by atoms with van der Waals surface area (Å²) < 4.78 is 22.6. The highest BCUT2D eigenvalue weighted by Gasteiger charge is 2.33. The van der Waals surface area contributed by atoms with Crippen LogP contribution in [0.5, 0.6) is 5.88 Å². The SMILES string of the molecule is CC(C)n1cc(-c2cc3nccnc3c(OCC3(F)CCCNC3)n2)cn1.Cl. The zero-order valence-corrected chi connectivity index (χ0v) is 16.7. The zero-order chi connectivity index (χ0) is 18.9. The topological polar surface area (TPSA) is 77.8 Å². The lowest BCUT2D eigenvalue weighted by molar-refractivity contribution is 0.0580. The molecule has 0 radical (unpaired) electrons. The van der Waals surface area contributed by atoms with Gasteiger partial charge in [-0.15, -0.1) is 12.4 Å². The summed E-state index contributed by atoms with van der Waals surface area (Å²) in [5.41, 5.74) is 1.33. The van der Waals surface area contributed by atoms with E-state index in [2.05, 4.69) is 39.2 Å². The lowest BCUT2D eigenvalue weighted by Gasteiger charge is -2.29. The number of fused-ring (bicyclic) bond motifs is 1. The molecule has 0 bridgehead atoms. The van der Waals surface area contributed by atoms with Crippen molar-refractivity contribution in [3.05, 3.63) is 30.9 Å². The van der Waals surface area contributed by atoms with Crippen molar-refractivity contribution in [2.24, 2.45) is 0 Å². The van der Waals surface area contributed by atoms with E-state index in [1.165, 1.54) is 0 Å². The molecule has 3 aromatic rings. The van der Waals surface area contributed by atoms with Crippen LogP contribution >= 0.6 is 12.4 Å². The highest BCUT2D eigenvalue weighted by molar-refractivity contribution is 5.85. The van der Waals surface area contributed by atoms with E-state index in [9.17, 15) is 4.39 Å². The van der Waals surface area contributed by atoms with Crippen molar-refractivity contribution in [3.8, 4) is 17.1 Å². The minimum Gasteiger partial charge on any atom is -0.473 e. The highest BCUT2D eigenvalue weighted by atomic mass is 35.5. The number of halogens is 2. The van der Waals surface area contributed by atoms with Gasteiger partial charge in [-0.05, 0) is 39.3 Å². The highest BCUT2D eigenvalue weighted by Crippen LogP contribution is 2.29. The van der Waals surface area contributed by atoms with Gasteiger partial charge in [0.1, 0.15) is 6.61 Å². The molecular weight excluding hydrogens is 383 g/mol. The number of nitrogens with zero attached hydrogens (tertiary/aromatic N) is 5. The molecule has 1 fully saturated rings. The Hall–Kier alpha value is -2.32. The van der Waals surface area contributed by atoms with Crippen molar-refractivity contribution < 1.29 is 9.13 Å². The summed E-state index contributed by atoms with van der Waals surface area (Å²) in [7, 11) is 0. The Labute approximate surface area is 169 Å². The van der Waals surface area contributed by atoms with Crippen LogP contribution in [0.1, 0.15) is 32.7 Å². The van der Waals surface area contributed by atoms with Gasteiger partial charge in [-0.2, -0.15) is 5.10 Å². The summed E-state index contributed by atoms with van der Waals surface area (Å²) in [5.74, 6) is 0.301. The molecule has 28 heavy (non-hydrogen) atoms. The summed E-state index contributed by atoms with van der Waals surface area (Å²) in [4.78, 5) is 13.3. The van der Waals surface area contributed by atoms with Crippen molar-refractivity contribution in [3.63, 3.8) is 0 Å². The summed E-state index contributed by atoms with van der Waals surface area (Å²) >= 11 is 0. The molecule has 9 heteroatoms. The Morgan fingerprint density at radius 1 is 1.32 bits per heavy atom. The molecule has 3 aromatic heterocycles. The van der Waals surface area contributed by atoms with Crippen molar-refractivity contribution in [1.82, 2.24) is 30.0 Å². The first kappa shape index (κ1) is 20.4. The van der Waals surface area contributed by atoms with Crippen LogP contribution in [-0.2, 0) is 0 Å². The van der Waals surface area contributed by atoms with Crippen LogP contribution in [0.4, 0.5) is 4.39 Å². The van der Waals surface area contributed by atoms with Crippen LogP contribution in [0, 0.1) is 0 Å². The summed E-state index contributed by atoms with van der Waals surface area (Å²) in [6, 6.07) is 2.10. The largest absolute Gasteiger partial charge is 0.473 e. The van der Waals surface area contributed by atoms with E-state index in [-0.39, 0.29) is 31.6 Å². The maximum absolute atomic E-state index is 14.9. The molecule has 1 aliphatic rings. The fraction of sp³-hybridized carbons (Fsp3) is 0.474. The van der Waals surface area contributed by atoms with Crippen LogP contribution in [-0.4, -0.2) is 50.1 Å². The predicted molar refractivity (Wildman–Crippen MR) is 108 cm³/mol. The average molecular weight is 407 g/mol. The van der Waals surface area contributed by atoms with E-state index in [4.69, 9.17) is 4.74 Å². The molecule has 4 rings (SSSR count). The minimum absolute atomic E-state index is 0. The van der Waals surface area contributed by atoms with Gasteiger partial charge in [0, 0.05) is 36.7 Å². The Kier molecular flexibility index (Phi) is 6.10. The van der Waals surface area contributed by atoms with Crippen LogP contribution in [0.2, 0.25) is 0 Å². The number of hydrogen-bond acceptors (Lipinski definition) is 6. The van der Waals surface area contributed by atoms with Gasteiger partial charge in [0.15, 0.2) is 11.2 Å². The van der Waals surface area contributed by atoms with Gasteiger partial charge in [-0.3, -0.25) is 9.67 Å². The standard InChI is InChI=1S/C19H23FN6O.ClH/c1-13(2)26-10-14(9-24-26)15-8-16-17(23-7-6-22-16)18(25-15)27-12-19(20)4-3-5-21-11-19;/h6-10,13,21H,3-5,11-12H2,1-2H3;1H. The summed E-state index contributed by atoms with van der Waals surface area (Å²) in [6.07, 6.45) is 8.17. The van der Waals surface area contributed by atoms with Gasteiger partial charge in [0.25, 0.3) is 0 Å². The second-order valence-electron chi connectivity index (χ2n) is 7.26. The second kappa shape index (κ2) is 8.36. The van der Waals surface area contributed by atoms with Crippen molar-refractivity contribution in [1.29, 1.82) is 0 Å². The van der Waals surface area contributed by atoms with Crippen molar-refractivity contribution >= 4 is 23.4 Å². The molecule has 150 valence electrons. The third kappa shape index (κ3) is 4.23. The zero-order valence-electron chi connectivity index (χ0n) is 15.9. The first-order valence-electron chi connectivity index (χ1n) is 9.23. The van der Waals surface area contributed by atoms with Crippen LogP contribution < -0.4 is 10.1 Å². The molecule has 1 atom stereocenters. The van der Waals surface area contributed by atoms with E-state index in [0.717, 1.165) is 18.5 Å². The van der Waals surface area contributed by atoms with E-state index < -0.39 is 5.67 Å². The third-order valence-electron chi connectivity index (χ3n) is 4.74. The Bertz CT molecular complexity index is 941. The molecule has 1 unspecified atom stereocenters. The number of ether oxygens (including phenoxy) is 1. The average Bonchev–Trinajstić information content (AvgIpc) is 3.17. The molecule has 1 saturated heterocycles. The van der Waals surface area contributed by atoms with Crippen LogP contribution in [0.3, 0.4) is 0 Å². The fourth-order valence-electron chi connectivity index (χ4n) is 3.20. The van der Waals surface area contributed by atoms with E-state index in [1.807, 2.05) is 16.9 Å². The normalized spacial score (nSPS) is 19.6. The first-order valence-corrected chi connectivity index (χ1v) is 9.23. The Morgan fingerprint density at radius 3 is 2.86 bits per heavy atom. The second-order valence-corrected chi connectivity index (χ2v) is 7.26. The van der Waals surface area contributed by atoms with Gasteiger partial charge >= 0.3 is 0 Å². The van der Waals surface area contributed by atoms with E-state index in [0.29, 0.717) is 29.0 Å². The summed E-state index contributed by atoms with van der Waals surface area (Å²) in [5, 5.41) is 7.45. The first-order chi connectivity index (χ1) is 13.0. The van der Waals surface area contributed by atoms with Gasteiger partial charge in [0.05, 0.1) is 17.4 Å². The number of pyridine rings is 1. The van der Waals surface area contributed by atoms with E-state index >= 15 is 0 Å². The molecule has 1 N–H and O–H groups in total. The number of piperidine rings is 1. The monoisotopic (exact) mass is 406 g/mol. The minimum atomic E-state index is -1.40. The van der Waals surface area contributed by atoms with Crippen LogP contribution in [0.25, 0.3) is 22.3 Å². The maximum atomic E-state index is 14.9. The Morgan fingerprint density at radius 2 is 2.14 bits per heavy atom. The number of aromatic nitrogens is 5. The van der Waals surface area contributed by atoms with Crippen molar-refractivity contribution in [2.45, 2.75) is 38.4 Å². The molecule has 0 aliphatic carbocycles. The summed E-state index contributed by atoms with van der Waals surface area (Å²) in [6.45, 7) is 5.19. The maximum Gasteiger partial charge on any atom is 0.242 e. The molecule has 0 spiro atoms. The number of alkyl halides is 1. The molecule has 0 saturated carbocycles. The lowest BCUT2D eigenvalue weighted by Crippen LogP contribution is -2.46. The third-order valence-corrected chi connectivity index (χ3v) is 4.74. The molecule has 1 aliphatic heterocycles. The molecular formula is C19H24ClFN6O.